The van der Waals surface area contributed by atoms with Crippen LogP contribution >= 0.6 is 0 Å². The third kappa shape index (κ3) is 4.30. The minimum Gasteiger partial charge on any atom is -0.457 e. The van der Waals surface area contributed by atoms with Crippen LogP contribution in [0.25, 0.3) is 77.5 Å². The van der Waals surface area contributed by atoms with Gasteiger partial charge in [0.05, 0.1) is 50.5 Å². The fourth-order valence-corrected chi connectivity index (χ4v) is 10.2. The Labute approximate surface area is 344 Å². The van der Waals surface area contributed by atoms with Crippen LogP contribution in [0.1, 0.15) is 27.8 Å². The fourth-order valence-electron chi connectivity index (χ4n) is 10.2. The molecule has 0 saturated carbocycles. The van der Waals surface area contributed by atoms with Crippen LogP contribution in [0, 0.1) is 11.3 Å². The molecular weight excluding hydrogens is 735 g/mol. The number of ether oxygens (including phenoxy) is 1. The second kappa shape index (κ2) is 12.1. The molecule has 0 bridgehead atoms. The molecule has 0 saturated heterocycles. The van der Waals surface area contributed by atoms with E-state index in [1.807, 2.05) is 36.7 Å². The van der Waals surface area contributed by atoms with Crippen molar-refractivity contribution < 1.29 is 4.74 Å². The Bertz CT molecular complexity index is 3670. The molecule has 1 atom stereocenters. The molecule has 7 aromatic carbocycles. The summed E-state index contributed by atoms with van der Waals surface area (Å²) in [7, 11) is 0. The first kappa shape index (κ1) is 32.8. The van der Waals surface area contributed by atoms with E-state index < -0.39 is 5.41 Å². The molecule has 5 heterocycles. The predicted octanol–water partition coefficient (Wildman–Crippen LogP) is 12.7. The van der Waals surface area contributed by atoms with Crippen LogP contribution in [-0.2, 0) is 5.41 Å². The maximum absolute atomic E-state index is 9.83. The van der Waals surface area contributed by atoms with Gasteiger partial charge in [-0.05, 0) is 102 Å². The summed E-state index contributed by atoms with van der Waals surface area (Å²) < 4.78 is 11.5. The zero-order valence-electron chi connectivity index (χ0n) is 32.0. The summed E-state index contributed by atoms with van der Waals surface area (Å²) in [4.78, 5) is 10.3. The standard InChI is InChI=1S/C54H31N5O/c55-31-33-20-23-48-40(27-33)38-13-4-8-18-47(38)59(48)37-22-25-51-44(30-37)54(42-15-6-9-19-50(42)60-51)43-16-10-26-56-52(43)53-45(54)29-35(32-57-53)34-21-24-49-41(28-34)39-14-5-7-17-46(39)58(49)36-11-2-1-3-12-36/h1-30,32H. The first-order chi connectivity index (χ1) is 29.7. The van der Waals surface area contributed by atoms with Crippen molar-refractivity contribution in [3.05, 3.63) is 216 Å². The molecule has 1 aliphatic heterocycles. The van der Waals surface area contributed by atoms with E-state index in [-0.39, 0.29) is 0 Å². The van der Waals surface area contributed by atoms with Gasteiger partial charge < -0.3 is 13.9 Å². The highest BCUT2D eigenvalue weighted by Gasteiger charge is 2.52. The first-order valence-corrected chi connectivity index (χ1v) is 20.1. The van der Waals surface area contributed by atoms with E-state index in [9.17, 15) is 5.26 Å². The Kier molecular flexibility index (Phi) is 6.62. The minimum atomic E-state index is -0.789. The normalized spacial score (nSPS) is 14.8. The van der Waals surface area contributed by atoms with Gasteiger partial charge in [-0.15, -0.1) is 0 Å². The molecule has 0 fully saturated rings. The number of aromatic nitrogens is 4. The van der Waals surface area contributed by atoms with Gasteiger partial charge in [0.25, 0.3) is 0 Å². The molecule has 13 rings (SSSR count). The topological polar surface area (TPSA) is 68.7 Å². The van der Waals surface area contributed by atoms with Crippen molar-refractivity contribution in [2.24, 2.45) is 0 Å². The summed E-state index contributed by atoms with van der Waals surface area (Å²) in [5.74, 6) is 1.59. The van der Waals surface area contributed by atoms with Crippen LogP contribution in [-0.4, -0.2) is 19.1 Å². The Morgan fingerprint density at radius 3 is 1.92 bits per heavy atom. The average Bonchev–Trinajstić information content (AvgIpc) is 3.93. The zero-order chi connectivity index (χ0) is 39.5. The van der Waals surface area contributed by atoms with Crippen LogP contribution in [0.5, 0.6) is 11.5 Å². The van der Waals surface area contributed by atoms with Crippen molar-refractivity contribution in [1.29, 1.82) is 5.26 Å². The molecule has 11 aromatic rings. The Morgan fingerprint density at radius 1 is 0.450 bits per heavy atom. The number of para-hydroxylation sites is 4. The molecule has 0 radical (unpaired) electrons. The molecule has 278 valence electrons. The number of nitrogens with zero attached hydrogens (tertiary/aromatic N) is 5. The third-order valence-corrected chi connectivity index (χ3v) is 12.7. The summed E-state index contributed by atoms with van der Waals surface area (Å²) in [6.45, 7) is 0. The number of fused-ring (bicyclic) bond motifs is 15. The molecule has 0 N–H and O–H groups in total. The van der Waals surface area contributed by atoms with E-state index >= 15 is 0 Å². The highest BCUT2D eigenvalue weighted by molar-refractivity contribution is 6.11. The van der Waals surface area contributed by atoms with Crippen molar-refractivity contribution in [1.82, 2.24) is 19.1 Å². The second-order valence-corrected chi connectivity index (χ2v) is 15.7. The number of hydrogen-bond donors (Lipinski definition) is 0. The molecule has 2 aliphatic rings. The highest BCUT2D eigenvalue weighted by atomic mass is 16.5. The van der Waals surface area contributed by atoms with E-state index in [1.165, 1.54) is 16.3 Å². The van der Waals surface area contributed by atoms with Gasteiger partial charge in [0, 0.05) is 67.6 Å². The highest BCUT2D eigenvalue weighted by Crippen LogP contribution is 2.62. The largest absolute Gasteiger partial charge is 0.457 e. The van der Waals surface area contributed by atoms with E-state index in [0.717, 1.165) is 95.0 Å². The van der Waals surface area contributed by atoms with E-state index in [0.29, 0.717) is 5.56 Å². The molecule has 1 aliphatic carbocycles. The number of pyridine rings is 2. The smallest absolute Gasteiger partial charge is 0.132 e. The Balaban J connectivity index is 1.07. The van der Waals surface area contributed by atoms with Crippen LogP contribution in [0.4, 0.5) is 0 Å². The van der Waals surface area contributed by atoms with Crippen molar-refractivity contribution >= 4 is 43.6 Å². The van der Waals surface area contributed by atoms with Crippen molar-refractivity contribution in [3.63, 3.8) is 0 Å². The number of rotatable bonds is 3. The van der Waals surface area contributed by atoms with Gasteiger partial charge in [-0.2, -0.15) is 5.26 Å². The fraction of sp³-hybridized carbons (Fsp3) is 0.0185. The van der Waals surface area contributed by atoms with Gasteiger partial charge in [0.1, 0.15) is 11.5 Å². The lowest BCUT2D eigenvalue weighted by Crippen LogP contribution is -2.32. The summed E-state index contributed by atoms with van der Waals surface area (Å²) >= 11 is 0. The lowest BCUT2D eigenvalue weighted by atomic mass is 9.66. The first-order valence-electron chi connectivity index (χ1n) is 20.1. The van der Waals surface area contributed by atoms with Gasteiger partial charge in [-0.25, -0.2) is 0 Å². The maximum atomic E-state index is 9.83. The molecule has 6 nitrogen and oxygen atoms in total. The minimum absolute atomic E-state index is 0.635. The van der Waals surface area contributed by atoms with Gasteiger partial charge in [-0.1, -0.05) is 84.9 Å². The van der Waals surface area contributed by atoms with Gasteiger partial charge in [0.15, 0.2) is 0 Å². The maximum Gasteiger partial charge on any atom is 0.132 e. The van der Waals surface area contributed by atoms with Gasteiger partial charge in [0.2, 0.25) is 0 Å². The number of benzene rings is 7. The summed E-state index contributed by atoms with van der Waals surface area (Å²) in [6.07, 6.45) is 3.87. The predicted molar refractivity (Wildman–Crippen MR) is 238 cm³/mol. The average molecular weight is 766 g/mol. The van der Waals surface area contributed by atoms with Crippen LogP contribution < -0.4 is 4.74 Å². The van der Waals surface area contributed by atoms with Crippen LogP contribution in [0.3, 0.4) is 0 Å². The van der Waals surface area contributed by atoms with E-state index in [4.69, 9.17) is 14.7 Å². The monoisotopic (exact) mass is 765 g/mol. The number of hydrogen-bond acceptors (Lipinski definition) is 4. The van der Waals surface area contributed by atoms with Gasteiger partial charge >= 0.3 is 0 Å². The SMILES string of the molecule is N#Cc1ccc2c(c1)c1ccccc1n2-c1ccc2c(c1)C1(c3ccccc3O2)c2cccnc2-c2ncc(-c3ccc4c(c3)c3ccccc3n4-c3ccccc3)cc21. The number of nitriles is 1. The lowest BCUT2D eigenvalue weighted by Gasteiger charge is -2.39. The summed E-state index contributed by atoms with van der Waals surface area (Å²) in [6, 6.07) is 64.2. The Hall–Kier alpha value is -8.27. The van der Waals surface area contributed by atoms with Gasteiger partial charge in [-0.3, -0.25) is 9.97 Å². The summed E-state index contributed by atoms with van der Waals surface area (Å²) in [5.41, 5.74) is 14.4. The Morgan fingerprint density at radius 2 is 1.10 bits per heavy atom. The molecule has 60 heavy (non-hydrogen) atoms. The molecular formula is C54H31N5O. The quantitative estimate of drug-likeness (QED) is 0.180. The molecule has 6 heteroatoms. The zero-order valence-corrected chi connectivity index (χ0v) is 32.0. The van der Waals surface area contributed by atoms with E-state index in [1.54, 1.807) is 0 Å². The van der Waals surface area contributed by atoms with Crippen molar-refractivity contribution in [2.45, 2.75) is 5.41 Å². The van der Waals surface area contributed by atoms with Crippen LogP contribution in [0.15, 0.2) is 188 Å². The molecule has 4 aromatic heterocycles. The summed E-state index contributed by atoms with van der Waals surface area (Å²) in [5, 5.41) is 14.3. The molecule has 1 unspecified atom stereocenters. The molecule has 0 amide bonds. The van der Waals surface area contributed by atoms with E-state index in [2.05, 4.69) is 167 Å². The van der Waals surface area contributed by atoms with Crippen molar-refractivity contribution in [3.8, 4) is 51.5 Å². The van der Waals surface area contributed by atoms with Crippen molar-refractivity contribution in [2.75, 3.05) is 0 Å². The third-order valence-electron chi connectivity index (χ3n) is 12.7. The van der Waals surface area contributed by atoms with Crippen LogP contribution in [0.2, 0.25) is 0 Å². The second-order valence-electron chi connectivity index (χ2n) is 15.7. The molecule has 1 spiro atoms. The lowest BCUT2D eigenvalue weighted by molar-refractivity contribution is 0.436.